The third-order valence-electron chi connectivity index (χ3n) is 1.25. The Balaban J connectivity index is 2.07. The van der Waals surface area contributed by atoms with E-state index in [1.165, 1.54) is 0 Å². The maximum Gasteiger partial charge on any atom is 0.174 e. The van der Waals surface area contributed by atoms with Gasteiger partial charge in [0.1, 0.15) is 5.51 Å². The summed E-state index contributed by atoms with van der Waals surface area (Å²) in [5.41, 5.74) is 1.77. The van der Waals surface area contributed by atoms with E-state index in [0.29, 0.717) is 0 Å². The Morgan fingerprint density at radius 1 is 1.58 bits per heavy atom. The second-order valence-electron chi connectivity index (χ2n) is 2.22. The van der Waals surface area contributed by atoms with Crippen molar-refractivity contribution in [2.45, 2.75) is 24.1 Å². The van der Waals surface area contributed by atoms with Crippen molar-refractivity contribution in [1.29, 1.82) is 0 Å². The van der Waals surface area contributed by atoms with E-state index >= 15 is 0 Å². The highest BCUT2D eigenvalue weighted by atomic mass is 32.2. The molecule has 0 amide bonds. The lowest BCUT2D eigenvalue weighted by Gasteiger charge is -1.90. The minimum absolute atomic E-state index is 1.07. The summed E-state index contributed by atoms with van der Waals surface area (Å²) < 4.78 is 1.07. The van der Waals surface area contributed by atoms with Crippen molar-refractivity contribution in [3.63, 3.8) is 0 Å². The normalized spacial score (nSPS) is 11.1. The van der Waals surface area contributed by atoms with Crippen molar-refractivity contribution in [3.8, 4) is 0 Å². The average molecular weight is 200 g/mol. The maximum atomic E-state index is 3.94. The van der Waals surface area contributed by atoms with E-state index in [2.05, 4.69) is 29.3 Å². The van der Waals surface area contributed by atoms with Crippen LogP contribution in [-0.4, -0.2) is 16.0 Å². The van der Waals surface area contributed by atoms with Crippen LogP contribution in [0.15, 0.2) is 22.0 Å². The zero-order valence-corrected chi connectivity index (χ0v) is 8.70. The molecule has 0 unspecified atom stereocenters. The molecule has 66 valence electrons. The van der Waals surface area contributed by atoms with Crippen molar-refractivity contribution in [1.82, 2.24) is 10.2 Å². The van der Waals surface area contributed by atoms with Crippen molar-refractivity contribution in [2.75, 3.05) is 5.75 Å². The van der Waals surface area contributed by atoms with Gasteiger partial charge in [0, 0.05) is 5.75 Å². The summed E-state index contributed by atoms with van der Waals surface area (Å²) >= 11 is 3.37. The van der Waals surface area contributed by atoms with E-state index in [4.69, 9.17) is 0 Å². The first-order chi connectivity index (χ1) is 5.93. The van der Waals surface area contributed by atoms with Crippen LogP contribution in [0.2, 0.25) is 0 Å². The number of nitrogens with zero attached hydrogens (tertiary/aromatic N) is 2. The molecular weight excluding hydrogens is 188 g/mol. The number of thioether (sulfide) groups is 1. The quantitative estimate of drug-likeness (QED) is 0.415. The minimum Gasteiger partial charge on any atom is -0.146 e. The fraction of sp³-hybridized carbons (Fsp3) is 0.500. The summed E-state index contributed by atoms with van der Waals surface area (Å²) in [6, 6.07) is 0. The number of aromatic nitrogens is 2. The van der Waals surface area contributed by atoms with Gasteiger partial charge in [-0.15, -0.1) is 10.2 Å². The molecule has 0 N–H and O–H groups in total. The largest absolute Gasteiger partial charge is 0.174 e. The van der Waals surface area contributed by atoms with E-state index in [1.807, 2.05) is 0 Å². The third kappa shape index (κ3) is 3.88. The minimum atomic E-state index is 1.07. The molecule has 0 bridgehead atoms. The van der Waals surface area contributed by atoms with E-state index in [-0.39, 0.29) is 0 Å². The first-order valence-electron chi connectivity index (χ1n) is 3.97. The van der Waals surface area contributed by atoms with Crippen molar-refractivity contribution in [3.05, 3.63) is 17.7 Å². The van der Waals surface area contributed by atoms with Crippen LogP contribution < -0.4 is 0 Å². The Morgan fingerprint density at radius 2 is 2.50 bits per heavy atom. The maximum absolute atomic E-state index is 3.94. The summed E-state index contributed by atoms with van der Waals surface area (Å²) in [4.78, 5) is 0. The molecule has 0 aliphatic heterocycles. The smallest absolute Gasteiger partial charge is 0.146 e. The number of hydrogen-bond donors (Lipinski definition) is 0. The molecule has 0 fully saturated rings. The first-order valence-corrected chi connectivity index (χ1v) is 5.84. The van der Waals surface area contributed by atoms with E-state index in [9.17, 15) is 0 Å². The van der Waals surface area contributed by atoms with Crippen LogP contribution in [0.1, 0.15) is 19.8 Å². The molecule has 1 rings (SSSR count). The van der Waals surface area contributed by atoms with Crippen LogP contribution in [0.5, 0.6) is 0 Å². The Labute approximate surface area is 81.1 Å². The van der Waals surface area contributed by atoms with Gasteiger partial charge in [-0.2, -0.15) is 0 Å². The second-order valence-corrected chi connectivity index (χ2v) is 4.40. The van der Waals surface area contributed by atoms with Gasteiger partial charge in [-0.25, -0.2) is 0 Å². The van der Waals surface area contributed by atoms with Crippen LogP contribution in [0.4, 0.5) is 0 Å². The lowest BCUT2D eigenvalue weighted by molar-refractivity contribution is 1.01. The fourth-order valence-corrected chi connectivity index (χ4v) is 2.19. The Bertz CT molecular complexity index is 219. The van der Waals surface area contributed by atoms with Gasteiger partial charge in [-0.1, -0.05) is 42.2 Å². The van der Waals surface area contributed by atoms with Gasteiger partial charge in [0.05, 0.1) is 0 Å². The van der Waals surface area contributed by atoms with Gasteiger partial charge in [0.15, 0.2) is 4.34 Å². The van der Waals surface area contributed by atoms with Crippen molar-refractivity contribution < 1.29 is 0 Å². The summed E-state index contributed by atoms with van der Waals surface area (Å²) in [5.74, 6) is 1.10. The lowest BCUT2D eigenvalue weighted by atomic mass is 10.4. The van der Waals surface area contributed by atoms with Crippen LogP contribution in [0, 0.1) is 0 Å². The molecule has 0 saturated carbocycles. The monoisotopic (exact) mass is 200 g/mol. The molecule has 0 aliphatic carbocycles. The van der Waals surface area contributed by atoms with Crippen LogP contribution in [-0.2, 0) is 0 Å². The van der Waals surface area contributed by atoms with Gasteiger partial charge in [0.2, 0.25) is 0 Å². The molecule has 4 heteroatoms. The highest BCUT2D eigenvalue weighted by Crippen LogP contribution is 2.19. The summed E-state index contributed by atoms with van der Waals surface area (Å²) in [6.07, 6.45) is 6.66. The number of allylic oxidation sites excluding steroid dienone is 2. The fourth-order valence-electron chi connectivity index (χ4n) is 0.725. The molecule has 0 radical (unpaired) electrons. The molecule has 1 aromatic heterocycles. The average Bonchev–Trinajstić information content (AvgIpc) is 2.57. The SMILES string of the molecule is CCC=CCCSc1nncs1. The summed E-state index contributed by atoms with van der Waals surface area (Å²) in [6.45, 7) is 2.15. The predicted molar refractivity (Wildman–Crippen MR) is 54.7 cm³/mol. The molecule has 1 aromatic rings. The molecule has 0 saturated heterocycles. The second kappa shape index (κ2) is 6.20. The van der Waals surface area contributed by atoms with E-state index < -0.39 is 0 Å². The zero-order chi connectivity index (χ0) is 8.65. The van der Waals surface area contributed by atoms with Crippen molar-refractivity contribution >= 4 is 23.1 Å². The summed E-state index contributed by atoms with van der Waals surface area (Å²) in [5, 5.41) is 7.71. The Hall–Kier alpha value is -0.350. The van der Waals surface area contributed by atoms with Crippen LogP contribution in [0.3, 0.4) is 0 Å². The standard InChI is InChI=1S/C8H12N2S2/c1-2-3-4-5-6-11-8-10-9-7-12-8/h3-4,7H,2,5-6H2,1H3. The third-order valence-corrected chi connectivity index (χ3v) is 3.15. The molecule has 0 spiro atoms. The molecule has 0 aromatic carbocycles. The van der Waals surface area contributed by atoms with Gasteiger partial charge in [0.25, 0.3) is 0 Å². The lowest BCUT2D eigenvalue weighted by Crippen LogP contribution is -1.75. The topological polar surface area (TPSA) is 25.8 Å². The molecule has 0 atom stereocenters. The number of hydrogen-bond acceptors (Lipinski definition) is 4. The molecule has 0 aliphatic rings. The first kappa shape index (κ1) is 9.74. The van der Waals surface area contributed by atoms with Crippen molar-refractivity contribution in [2.24, 2.45) is 0 Å². The molecule has 2 nitrogen and oxygen atoms in total. The van der Waals surface area contributed by atoms with E-state index in [0.717, 1.165) is 22.9 Å². The Kier molecular flexibility index (Phi) is 5.03. The zero-order valence-electron chi connectivity index (χ0n) is 7.06. The van der Waals surface area contributed by atoms with Gasteiger partial charge >= 0.3 is 0 Å². The molecule has 1 heterocycles. The highest BCUT2D eigenvalue weighted by Gasteiger charge is 1.94. The summed E-state index contributed by atoms with van der Waals surface area (Å²) in [7, 11) is 0. The number of rotatable bonds is 5. The Morgan fingerprint density at radius 3 is 3.17 bits per heavy atom. The van der Waals surface area contributed by atoms with E-state index in [1.54, 1.807) is 28.6 Å². The van der Waals surface area contributed by atoms with Gasteiger partial charge < -0.3 is 0 Å². The molecular formula is C8H12N2S2. The van der Waals surface area contributed by atoms with Crippen LogP contribution >= 0.6 is 23.1 Å². The molecule has 12 heavy (non-hydrogen) atoms. The van der Waals surface area contributed by atoms with Crippen LogP contribution in [0.25, 0.3) is 0 Å². The predicted octanol–water partition coefficient (Wildman–Crippen LogP) is 2.99. The van der Waals surface area contributed by atoms with Gasteiger partial charge in [-0.05, 0) is 12.8 Å². The highest BCUT2D eigenvalue weighted by molar-refractivity contribution is 8.00. The van der Waals surface area contributed by atoms with Gasteiger partial charge in [-0.3, -0.25) is 0 Å².